The Morgan fingerprint density at radius 3 is 2.26 bits per heavy atom. The second-order valence-electron chi connectivity index (χ2n) is 4.34. The Morgan fingerprint density at radius 2 is 1.79 bits per heavy atom. The molecule has 7 heteroatoms. The minimum absolute atomic E-state index is 0.172. The maximum absolute atomic E-state index is 12.4. The van der Waals surface area contributed by atoms with Gasteiger partial charge in [-0.1, -0.05) is 10.3 Å². The lowest BCUT2D eigenvalue weighted by molar-refractivity contribution is -0.125. The molecule has 1 fully saturated rings. The van der Waals surface area contributed by atoms with E-state index in [0.29, 0.717) is 24.8 Å². The van der Waals surface area contributed by atoms with Crippen LogP contribution in [0, 0.1) is 0 Å². The lowest BCUT2D eigenvalue weighted by atomic mass is 10.0. The molecule has 19 heavy (non-hydrogen) atoms. The predicted octanol–water partition coefficient (Wildman–Crippen LogP) is 0.222. The third-order valence-electron chi connectivity index (χ3n) is 3.15. The number of oxime groups is 2. The number of hydrogen-bond acceptors (Lipinski definition) is 6. The lowest BCUT2D eigenvalue weighted by Crippen LogP contribution is -2.47. The third kappa shape index (κ3) is 4.20. The van der Waals surface area contributed by atoms with Crippen LogP contribution < -0.4 is 5.32 Å². The summed E-state index contributed by atoms with van der Waals surface area (Å²) in [6, 6.07) is 0.473. The zero-order valence-corrected chi connectivity index (χ0v) is 12.0. The molecule has 1 N–H and O–H groups in total. The van der Waals surface area contributed by atoms with Gasteiger partial charge in [-0.05, 0) is 26.8 Å². The Kier molecular flexibility index (Phi) is 6.27. The molecule has 0 aliphatic carbocycles. The van der Waals surface area contributed by atoms with Gasteiger partial charge in [0.1, 0.15) is 19.9 Å². The Morgan fingerprint density at radius 1 is 1.21 bits per heavy atom. The van der Waals surface area contributed by atoms with Crippen molar-refractivity contribution in [1.29, 1.82) is 0 Å². The van der Waals surface area contributed by atoms with Crippen LogP contribution in [0.25, 0.3) is 0 Å². The van der Waals surface area contributed by atoms with E-state index in [9.17, 15) is 4.79 Å². The zero-order chi connectivity index (χ0) is 14.3. The third-order valence-corrected chi connectivity index (χ3v) is 3.15. The minimum Gasteiger partial charge on any atom is -0.399 e. The van der Waals surface area contributed by atoms with Crippen molar-refractivity contribution in [3.05, 3.63) is 0 Å². The van der Waals surface area contributed by atoms with E-state index in [1.165, 1.54) is 14.2 Å². The minimum atomic E-state index is -0.172. The van der Waals surface area contributed by atoms with Gasteiger partial charge < -0.3 is 19.9 Å². The standard InChI is InChI=1S/C12H22N4O3/c1-9(14-18-3)11(15-19-4)12(17)16-7-5-10(13-2)6-8-16/h10,13H,5-8H2,1-4H3. The molecule has 0 unspecified atom stereocenters. The highest BCUT2D eigenvalue weighted by atomic mass is 16.6. The summed E-state index contributed by atoms with van der Waals surface area (Å²) in [7, 11) is 4.77. The number of carbonyl (C=O) groups excluding carboxylic acids is 1. The fraction of sp³-hybridized carbons (Fsp3) is 0.750. The van der Waals surface area contributed by atoms with E-state index in [-0.39, 0.29) is 11.6 Å². The van der Waals surface area contributed by atoms with Gasteiger partial charge >= 0.3 is 0 Å². The first-order valence-electron chi connectivity index (χ1n) is 6.29. The van der Waals surface area contributed by atoms with E-state index >= 15 is 0 Å². The average Bonchev–Trinajstić information content (AvgIpc) is 2.44. The topological polar surface area (TPSA) is 75.5 Å². The summed E-state index contributed by atoms with van der Waals surface area (Å²) in [5.74, 6) is -0.172. The molecule has 0 aromatic carbocycles. The van der Waals surface area contributed by atoms with Crippen molar-refractivity contribution in [2.75, 3.05) is 34.4 Å². The first-order valence-corrected chi connectivity index (χ1v) is 6.29. The van der Waals surface area contributed by atoms with Crippen LogP contribution in [0.4, 0.5) is 0 Å². The molecule has 1 rings (SSSR count). The molecule has 1 saturated heterocycles. The van der Waals surface area contributed by atoms with Crippen LogP contribution in [0.3, 0.4) is 0 Å². The molecule has 0 aromatic heterocycles. The monoisotopic (exact) mass is 270 g/mol. The van der Waals surface area contributed by atoms with Gasteiger partial charge in [0.2, 0.25) is 0 Å². The number of carbonyl (C=O) groups is 1. The molecule has 1 aliphatic rings. The van der Waals surface area contributed by atoms with Crippen molar-refractivity contribution in [2.45, 2.75) is 25.8 Å². The van der Waals surface area contributed by atoms with Crippen molar-refractivity contribution in [1.82, 2.24) is 10.2 Å². The number of piperidine rings is 1. The molecule has 1 heterocycles. The SMILES string of the molecule is CNC1CCN(C(=O)C(=NOC)C(C)=NOC)CC1. The van der Waals surface area contributed by atoms with Gasteiger partial charge in [0.15, 0.2) is 5.71 Å². The number of amides is 1. The predicted molar refractivity (Wildman–Crippen MR) is 73.2 cm³/mol. The molecular formula is C12H22N4O3. The normalized spacial score (nSPS) is 18.4. The summed E-state index contributed by atoms with van der Waals surface area (Å²) >= 11 is 0. The van der Waals surface area contributed by atoms with Gasteiger partial charge in [-0.2, -0.15) is 0 Å². The van der Waals surface area contributed by atoms with Crippen LogP contribution in [0.5, 0.6) is 0 Å². The van der Waals surface area contributed by atoms with Crippen LogP contribution >= 0.6 is 0 Å². The Labute approximate surface area is 113 Å². The summed E-state index contributed by atoms with van der Waals surface area (Å²) in [6.45, 7) is 3.07. The summed E-state index contributed by atoms with van der Waals surface area (Å²) in [6.07, 6.45) is 1.87. The summed E-state index contributed by atoms with van der Waals surface area (Å²) in [4.78, 5) is 23.5. The van der Waals surface area contributed by atoms with Crippen molar-refractivity contribution < 1.29 is 14.5 Å². The Hall–Kier alpha value is -1.63. The summed E-state index contributed by atoms with van der Waals surface area (Å²) in [5, 5.41) is 10.7. The fourth-order valence-electron chi connectivity index (χ4n) is 2.05. The van der Waals surface area contributed by atoms with Gasteiger partial charge in [0.05, 0.1) is 0 Å². The highest BCUT2D eigenvalue weighted by Crippen LogP contribution is 2.11. The van der Waals surface area contributed by atoms with Crippen LogP contribution in [-0.4, -0.2) is 62.6 Å². The largest absolute Gasteiger partial charge is 0.399 e. The highest BCUT2D eigenvalue weighted by molar-refractivity contribution is 6.66. The highest BCUT2D eigenvalue weighted by Gasteiger charge is 2.27. The van der Waals surface area contributed by atoms with Gasteiger partial charge in [0, 0.05) is 19.1 Å². The van der Waals surface area contributed by atoms with Gasteiger partial charge in [-0.15, -0.1) is 0 Å². The number of likely N-dealkylation sites (tertiary alicyclic amines) is 1. The number of nitrogens with zero attached hydrogens (tertiary/aromatic N) is 3. The smallest absolute Gasteiger partial charge is 0.277 e. The maximum Gasteiger partial charge on any atom is 0.277 e. The van der Waals surface area contributed by atoms with Gasteiger partial charge in [0.25, 0.3) is 5.91 Å². The molecule has 0 saturated carbocycles. The van der Waals surface area contributed by atoms with E-state index in [2.05, 4.69) is 20.5 Å². The van der Waals surface area contributed by atoms with Crippen LogP contribution in [0.15, 0.2) is 10.3 Å². The molecule has 7 nitrogen and oxygen atoms in total. The lowest BCUT2D eigenvalue weighted by Gasteiger charge is -2.31. The van der Waals surface area contributed by atoms with E-state index < -0.39 is 0 Å². The van der Waals surface area contributed by atoms with E-state index in [4.69, 9.17) is 4.84 Å². The Bertz CT molecular complexity index is 360. The van der Waals surface area contributed by atoms with Crippen LogP contribution in [-0.2, 0) is 14.5 Å². The van der Waals surface area contributed by atoms with Gasteiger partial charge in [-0.3, -0.25) is 4.79 Å². The molecule has 0 atom stereocenters. The van der Waals surface area contributed by atoms with E-state index in [1.54, 1.807) is 11.8 Å². The quantitative estimate of drug-likeness (QED) is 0.573. The average molecular weight is 270 g/mol. The van der Waals surface area contributed by atoms with Gasteiger partial charge in [-0.25, -0.2) is 0 Å². The molecule has 1 aliphatic heterocycles. The molecular weight excluding hydrogens is 248 g/mol. The van der Waals surface area contributed by atoms with Crippen LogP contribution in [0.2, 0.25) is 0 Å². The fourth-order valence-corrected chi connectivity index (χ4v) is 2.05. The number of rotatable bonds is 5. The zero-order valence-electron chi connectivity index (χ0n) is 12.0. The second-order valence-corrected chi connectivity index (χ2v) is 4.34. The maximum atomic E-state index is 12.4. The first-order chi connectivity index (χ1) is 9.13. The second kappa shape index (κ2) is 7.73. The summed E-state index contributed by atoms with van der Waals surface area (Å²) < 4.78 is 0. The molecule has 108 valence electrons. The van der Waals surface area contributed by atoms with Crippen molar-refractivity contribution >= 4 is 17.3 Å². The number of hydrogen-bond donors (Lipinski definition) is 1. The van der Waals surface area contributed by atoms with E-state index in [1.807, 2.05) is 7.05 Å². The molecule has 0 radical (unpaired) electrons. The molecule has 0 spiro atoms. The van der Waals surface area contributed by atoms with Crippen LogP contribution in [0.1, 0.15) is 19.8 Å². The first kappa shape index (κ1) is 15.4. The van der Waals surface area contributed by atoms with E-state index in [0.717, 1.165) is 12.8 Å². The van der Waals surface area contributed by atoms with Crippen molar-refractivity contribution in [3.8, 4) is 0 Å². The molecule has 0 aromatic rings. The molecule has 1 amide bonds. The summed E-state index contributed by atoms with van der Waals surface area (Å²) in [5.41, 5.74) is 0.595. The van der Waals surface area contributed by atoms with Crippen molar-refractivity contribution in [2.24, 2.45) is 10.3 Å². The Balaban J connectivity index is 2.74. The van der Waals surface area contributed by atoms with Crippen molar-refractivity contribution in [3.63, 3.8) is 0 Å². The molecule has 0 bridgehead atoms. The number of nitrogens with one attached hydrogen (secondary N) is 1.